The van der Waals surface area contributed by atoms with Crippen molar-refractivity contribution in [1.29, 1.82) is 0 Å². The summed E-state index contributed by atoms with van der Waals surface area (Å²) in [5.74, 6) is 0. The van der Waals surface area contributed by atoms with Gasteiger partial charge >= 0.3 is 0 Å². The van der Waals surface area contributed by atoms with Gasteiger partial charge in [0.15, 0.2) is 4.99 Å². The maximum Gasteiger partial charge on any atom is 0.196 e. The molecule has 0 aromatic heterocycles. The second-order valence-corrected chi connectivity index (χ2v) is 2.82. The molecule has 1 rings (SSSR count). The first-order chi connectivity index (χ1) is 4.33. The van der Waals surface area contributed by atoms with E-state index >= 15 is 0 Å². The predicted octanol–water partition coefficient (Wildman–Crippen LogP) is 1.38. The molecule has 49 valence electrons. The zero-order chi connectivity index (χ0) is 6.74. The summed E-state index contributed by atoms with van der Waals surface area (Å²) in [7, 11) is 0. The molecule has 0 unspecified atom stereocenters. The molecule has 1 aliphatic heterocycles. The summed E-state index contributed by atoms with van der Waals surface area (Å²) in [5.41, 5.74) is 0. The molecule has 0 aliphatic carbocycles. The number of nitrogens with zero attached hydrogens (tertiary/aromatic N) is 2. The monoisotopic (exact) mass is 141 g/mol. The summed E-state index contributed by atoms with van der Waals surface area (Å²) >= 11 is 1.62. The lowest BCUT2D eigenvalue weighted by Crippen LogP contribution is -2.13. The fourth-order valence-electron chi connectivity index (χ4n) is 0.670. The maximum absolute atomic E-state index is 4.16. The zero-order valence-corrected chi connectivity index (χ0v) is 6.19. The fourth-order valence-corrected chi connectivity index (χ4v) is 1.21. The van der Waals surface area contributed by atoms with Crippen LogP contribution in [0.5, 0.6) is 0 Å². The molecule has 0 saturated carbocycles. The standard InChI is InChI=1S/C6H9N2S/c1-3-6(9-2)7-4-5-8-6/h4-5H,1,3H2,2H3. The molecule has 0 spiro atoms. The van der Waals surface area contributed by atoms with Crippen molar-refractivity contribution in [2.45, 2.75) is 11.4 Å². The van der Waals surface area contributed by atoms with Gasteiger partial charge < -0.3 is 0 Å². The molecule has 0 aromatic rings. The van der Waals surface area contributed by atoms with Crippen LogP contribution in [0.25, 0.3) is 0 Å². The van der Waals surface area contributed by atoms with E-state index in [0.29, 0.717) is 0 Å². The Morgan fingerprint density at radius 3 is 2.33 bits per heavy atom. The SMILES string of the molecule is [CH2]CC1(SC)N=CC=N1. The Morgan fingerprint density at radius 2 is 2.11 bits per heavy atom. The van der Waals surface area contributed by atoms with Crippen molar-refractivity contribution in [2.75, 3.05) is 6.26 Å². The van der Waals surface area contributed by atoms with Crippen molar-refractivity contribution in [3.8, 4) is 0 Å². The van der Waals surface area contributed by atoms with Gasteiger partial charge in [0.25, 0.3) is 0 Å². The highest BCUT2D eigenvalue weighted by Gasteiger charge is 2.24. The predicted molar refractivity (Wildman–Crippen MR) is 43.2 cm³/mol. The largest absolute Gasteiger partial charge is 0.252 e. The lowest BCUT2D eigenvalue weighted by Gasteiger charge is -2.16. The van der Waals surface area contributed by atoms with Gasteiger partial charge in [0.05, 0.1) is 0 Å². The van der Waals surface area contributed by atoms with E-state index in [4.69, 9.17) is 0 Å². The summed E-state index contributed by atoms with van der Waals surface area (Å²) in [6.07, 6.45) is 6.16. The molecule has 1 aliphatic rings. The van der Waals surface area contributed by atoms with Crippen LogP contribution in [0.3, 0.4) is 0 Å². The molecule has 1 radical (unpaired) electrons. The maximum atomic E-state index is 4.16. The Bertz CT molecular complexity index is 133. The van der Waals surface area contributed by atoms with E-state index in [1.807, 2.05) is 6.26 Å². The van der Waals surface area contributed by atoms with Crippen LogP contribution >= 0.6 is 11.8 Å². The van der Waals surface area contributed by atoms with Crippen LogP contribution in [0.1, 0.15) is 6.42 Å². The first-order valence-corrected chi connectivity index (χ1v) is 3.99. The number of hydrogen-bond donors (Lipinski definition) is 0. The van der Waals surface area contributed by atoms with Crippen LogP contribution in [0.4, 0.5) is 0 Å². The lowest BCUT2D eigenvalue weighted by molar-refractivity contribution is 0.676. The topological polar surface area (TPSA) is 24.7 Å². The minimum absolute atomic E-state index is 0.278. The van der Waals surface area contributed by atoms with Crippen molar-refractivity contribution >= 4 is 24.2 Å². The zero-order valence-electron chi connectivity index (χ0n) is 5.37. The first-order valence-electron chi connectivity index (χ1n) is 2.76. The molecule has 0 amide bonds. The minimum atomic E-state index is -0.278. The Hall–Kier alpha value is -0.310. The second-order valence-electron chi connectivity index (χ2n) is 1.75. The van der Waals surface area contributed by atoms with E-state index in [1.54, 1.807) is 24.2 Å². The Morgan fingerprint density at radius 1 is 1.56 bits per heavy atom. The molecular weight excluding hydrogens is 132 g/mol. The van der Waals surface area contributed by atoms with E-state index in [-0.39, 0.29) is 4.99 Å². The summed E-state index contributed by atoms with van der Waals surface area (Å²) in [6, 6.07) is 0. The summed E-state index contributed by atoms with van der Waals surface area (Å²) in [6.45, 7) is 3.76. The molecular formula is C6H9N2S. The summed E-state index contributed by atoms with van der Waals surface area (Å²) < 4.78 is 0. The smallest absolute Gasteiger partial charge is 0.196 e. The number of thioether (sulfide) groups is 1. The molecule has 1 heterocycles. The highest BCUT2D eigenvalue weighted by molar-refractivity contribution is 8.00. The van der Waals surface area contributed by atoms with Crippen molar-refractivity contribution in [2.24, 2.45) is 9.98 Å². The first kappa shape index (κ1) is 6.81. The third-order valence-corrected chi connectivity index (χ3v) is 2.34. The van der Waals surface area contributed by atoms with Gasteiger partial charge in [0.1, 0.15) is 0 Å². The van der Waals surface area contributed by atoms with Gasteiger partial charge in [-0.05, 0) is 13.2 Å². The van der Waals surface area contributed by atoms with E-state index in [9.17, 15) is 0 Å². The lowest BCUT2D eigenvalue weighted by atomic mass is 10.4. The molecule has 3 heteroatoms. The van der Waals surface area contributed by atoms with E-state index in [2.05, 4.69) is 16.9 Å². The third-order valence-electron chi connectivity index (χ3n) is 1.27. The van der Waals surface area contributed by atoms with Crippen LogP contribution in [0, 0.1) is 6.92 Å². The average molecular weight is 141 g/mol. The van der Waals surface area contributed by atoms with Crippen LogP contribution in [-0.2, 0) is 0 Å². The fraction of sp³-hybridized carbons (Fsp3) is 0.500. The third kappa shape index (κ3) is 1.15. The number of hydrogen-bond acceptors (Lipinski definition) is 3. The molecule has 0 bridgehead atoms. The summed E-state index contributed by atoms with van der Waals surface area (Å²) in [4.78, 5) is 8.04. The van der Waals surface area contributed by atoms with Gasteiger partial charge in [-0.2, -0.15) is 0 Å². The van der Waals surface area contributed by atoms with Gasteiger partial charge in [-0.3, -0.25) is 9.98 Å². The van der Waals surface area contributed by atoms with Gasteiger partial charge in [-0.1, -0.05) is 0 Å². The van der Waals surface area contributed by atoms with E-state index < -0.39 is 0 Å². The Kier molecular flexibility index (Phi) is 1.90. The number of rotatable bonds is 2. The van der Waals surface area contributed by atoms with Gasteiger partial charge in [-0.25, -0.2) is 0 Å². The van der Waals surface area contributed by atoms with Crippen LogP contribution in [0.2, 0.25) is 0 Å². The van der Waals surface area contributed by atoms with Crippen molar-refractivity contribution in [1.82, 2.24) is 0 Å². The van der Waals surface area contributed by atoms with Gasteiger partial charge in [0, 0.05) is 18.9 Å². The van der Waals surface area contributed by atoms with E-state index in [1.165, 1.54) is 0 Å². The van der Waals surface area contributed by atoms with Crippen LogP contribution < -0.4 is 0 Å². The summed E-state index contributed by atoms with van der Waals surface area (Å²) in [5, 5.41) is 0. The van der Waals surface area contributed by atoms with Crippen molar-refractivity contribution in [3.05, 3.63) is 6.92 Å². The molecule has 0 saturated heterocycles. The molecule has 0 atom stereocenters. The van der Waals surface area contributed by atoms with Crippen LogP contribution in [0.15, 0.2) is 9.98 Å². The normalized spacial score (nSPS) is 21.1. The van der Waals surface area contributed by atoms with Crippen molar-refractivity contribution in [3.63, 3.8) is 0 Å². The quantitative estimate of drug-likeness (QED) is 0.570. The van der Waals surface area contributed by atoms with E-state index in [0.717, 1.165) is 6.42 Å². The van der Waals surface area contributed by atoms with Gasteiger partial charge in [-0.15, -0.1) is 11.8 Å². The van der Waals surface area contributed by atoms with Crippen LogP contribution in [-0.4, -0.2) is 23.7 Å². The number of aliphatic imine (C=N–C) groups is 2. The second kappa shape index (κ2) is 2.52. The highest BCUT2D eigenvalue weighted by atomic mass is 32.2. The highest BCUT2D eigenvalue weighted by Crippen LogP contribution is 2.30. The molecule has 0 aromatic carbocycles. The molecule has 0 N–H and O–H groups in total. The Balaban J connectivity index is 2.69. The minimum Gasteiger partial charge on any atom is -0.252 e. The average Bonchev–Trinajstić information content (AvgIpc) is 2.36. The Labute approximate surface area is 59.5 Å². The molecule has 0 fully saturated rings. The van der Waals surface area contributed by atoms with Gasteiger partial charge in [0.2, 0.25) is 0 Å². The molecule has 2 nitrogen and oxygen atoms in total. The van der Waals surface area contributed by atoms with Crippen molar-refractivity contribution < 1.29 is 0 Å². The molecule has 9 heavy (non-hydrogen) atoms.